The molecule has 6 amide bonds. The standard InChI is InChI=1S/C67H79Cl2N9O24/c1-24(2)13-36(78(5)6)60(90)76-50-52(84)27-8-11-39(33(68)15-27)98-41-17-29-18-42(56(41)102-66-57(55(87)54(86)43(23-79)100-66)101-45-22-67(4,71)58(88)25(3)97-45)99-40-12-9-28(16-34(40)69)53(85)51-64(94)75-49(65(95)96)32-19-30(80)20-38(82)46(32)31-14-26(7-10-37(31)81)47(61(91)77-51)74-62(92)48(29)73-59(89)35(21-44(70)83)72-63(50)93/h7-12,14-20,24-25,35-36,43,45,47-55,57-58,62,66,74,79-82,84-88,92H,13,21-23,71H2,1-6H3,(H2,70,83)(H,72,93)(H,73,89)(H,75,94)(H,76,90)(H,77,91)(H,95,96)/t25-,35+,36-,43+,45+,47+,48-,49+,50+,51+,52-,53-,54+,55+,57+,58-,62+,66+,67-/m1/s1. The van der Waals surface area contributed by atoms with Crippen LogP contribution in [0.3, 0.4) is 0 Å². The van der Waals surface area contributed by atoms with Gasteiger partial charge in [0.25, 0.3) is 0 Å². The minimum atomic E-state index is -2.47. The summed E-state index contributed by atoms with van der Waals surface area (Å²) in [6.45, 7) is 5.74. The number of nitrogens with one attached hydrogen (secondary N) is 6. The number of ether oxygens (including phenoxy) is 6. The van der Waals surface area contributed by atoms with Gasteiger partial charge >= 0.3 is 5.97 Å². The molecule has 0 spiro atoms. The van der Waals surface area contributed by atoms with E-state index >= 15 is 9.59 Å². The van der Waals surface area contributed by atoms with Gasteiger partial charge in [-0.2, -0.15) is 0 Å². The summed E-state index contributed by atoms with van der Waals surface area (Å²) >= 11 is 14.2. The van der Waals surface area contributed by atoms with Crippen molar-refractivity contribution in [1.82, 2.24) is 36.8 Å². The summed E-state index contributed by atoms with van der Waals surface area (Å²) in [7, 11) is 3.21. The van der Waals surface area contributed by atoms with Gasteiger partial charge in [0.15, 0.2) is 29.9 Å². The zero-order valence-corrected chi connectivity index (χ0v) is 56.9. The number of carbonyl (C=O) groups is 7. The van der Waals surface area contributed by atoms with Crippen molar-refractivity contribution < 1.29 is 118 Å². The molecule has 102 heavy (non-hydrogen) atoms. The molecular formula is C67H79Cl2N9O24. The summed E-state index contributed by atoms with van der Waals surface area (Å²) in [5, 5.41) is 142. The molecule has 5 aromatic carbocycles. The second-order valence-electron chi connectivity index (χ2n) is 26.5. The van der Waals surface area contributed by atoms with E-state index in [-0.39, 0.29) is 57.5 Å². The SMILES string of the molecule is CC(C)C[C@H](C(=O)N[C@@H]1C(=O)N[C@@H](CC(N)=O)C(=O)N[C@@H]2c3cc(c(O[C@@H]4O[C@@H](CO)[C@H](O)[C@H](O)[C@@H]4O[C@H]4C[C@@](C)(N)[C@H](O)[C@@H](C)O4)c(c3)Oc3ccc(cc3Cl)[C@H]1O)Oc1ccc(cc1Cl)[C@@H](O)[C@@H]1NC(=O)[C@@H](N[C@H]2O)c2ccc(O)c(c2)-c2c(O)cc(O)cc2[C@@H](C(=O)O)NC1=O)N(C)C. The zero-order chi connectivity index (χ0) is 74.4. The first kappa shape index (κ1) is 75.9. The summed E-state index contributed by atoms with van der Waals surface area (Å²) < 4.78 is 38.5. The number of amides is 6. The average molecular weight is 1470 g/mol. The number of carbonyl (C=O) groups excluding carboxylic acids is 6. The number of aromatic hydroxyl groups is 3. The lowest BCUT2D eigenvalue weighted by Crippen LogP contribution is -2.64. The number of nitrogens with two attached hydrogens (primary N) is 2. The van der Waals surface area contributed by atoms with Gasteiger partial charge in [0.05, 0.1) is 47.4 Å². The average Bonchev–Trinajstić information content (AvgIpc) is 0.769. The number of fused-ring (bicyclic) bond motifs is 15. The van der Waals surface area contributed by atoms with Gasteiger partial charge in [-0.25, -0.2) is 4.79 Å². The minimum absolute atomic E-state index is 0.0859. The molecule has 11 bridgehead atoms. The molecule has 0 saturated carbocycles. The number of carboxylic acid groups (broad SMARTS) is 1. The zero-order valence-electron chi connectivity index (χ0n) is 55.4. The normalized spacial score (nSPS) is 30.1. The van der Waals surface area contributed by atoms with Gasteiger partial charge in [0.2, 0.25) is 47.5 Å². The quantitative estimate of drug-likeness (QED) is 0.0751. The molecule has 33 nitrogen and oxygen atoms in total. The summed E-state index contributed by atoms with van der Waals surface area (Å²) in [5.41, 5.74) is 8.33. The molecule has 7 heterocycles. The largest absolute Gasteiger partial charge is 0.508 e. The molecule has 2 saturated heterocycles. The van der Waals surface area contributed by atoms with E-state index < -0.39 is 226 Å². The molecule has 35 heteroatoms. The van der Waals surface area contributed by atoms with Gasteiger partial charge in [-0.15, -0.1) is 0 Å². The maximum absolute atomic E-state index is 15.4. The Morgan fingerprint density at radius 3 is 1.93 bits per heavy atom. The summed E-state index contributed by atoms with van der Waals surface area (Å²) in [6.07, 6.45) is -20.8. The van der Waals surface area contributed by atoms with Crippen molar-refractivity contribution in [3.8, 4) is 57.1 Å². The van der Waals surface area contributed by atoms with E-state index in [1.165, 1.54) is 26.0 Å². The van der Waals surface area contributed by atoms with Crippen LogP contribution in [0.25, 0.3) is 11.1 Å². The smallest absolute Gasteiger partial charge is 0.330 e. The van der Waals surface area contributed by atoms with E-state index in [1.54, 1.807) is 19.0 Å². The maximum atomic E-state index is 15.4. The van der Waals surface area contributed by atoms with Gasteiger partial charge < -0.3 is 123 Å². The fourth-order valence-corrected chi connectivity index (χ4v) is 13.2. The van der Waals surface area contributed by atoms with Crippen molar-refractivity contribution in [1.29, 1.82) is 0 Å². The van der Waals surface area contributed by atoms with Crippen LogP contribution in [0.2, 0.25) is 10.0 Å². The second-order valence-corrected chi connectivity index (χ2v) is 27.3. The van der Waals surface area contributed by atoms with Crippen LogP contribution in [-0.4, -0.2) is 208 Å². The van der Waals surface area contributed by atoms with Crippen molar-refractivity contribution >= 4 is 64.6 Å². The Morgan fingerprint density at radius 1 is 0.735 bits per heavy atom. The van der Waals surface area contributed by atoms with Crippen LogP contribution in [0.15, 0.2) is 78.9 Å². The first-order valence-corrected chi connectivity index (χ1v) is 32.9. The predicted octanol–water partition coefficient (Wildman–Crippen LogP) is 0.240. The number of primary amides is 1. The Bertz CT molecular complexity index is 4060. The lowest BCUT2D eigenvalue weighted by atomic mass is 9.86. The Hall–Kier alpha value is -8.75. The highest BCUT2D eigenvalue weighted by Crippen LogP contribution is 2.50. The van der Waals surface area contributed by atoms with E-state index in [4.69, 9.17) is 63.1 Å². The van der Waals surface area contributed by atoms with Crippen molar-refractivity contribution in [2.45, 2.75) is 162 Å². The number of rotatable bonds is 13. The Morgan fingerprint density at radius 2 is 1.35 bits per heavy atom. The fourth-order valence-electron chi connectivity index (χ4n) is 12.8. The second kappa shape index (κ2) is 30.7. The van der Waals surface area contributed by atoms with Crippen LogP contribution in [0.5, 0.6) is 46.0 Å². The van der Waals surface area contributed by atoms with E-state index in [1.807, 2.05) is 13.8 Å². The number of phenols is 3. The van der Waals surface area contributed by atoms with Crippen LogP contribution >= 0.6 is 23.2 Å². The van der Waals surface area contributed by atoms with Gasteiger partial charge in [-0.05, 0) is 117 Å². The molecule has 7 aliphatic rings. The summed E-state index contributed by atoms with van der Waals surface area (Å²) in [6, 6.07) is 0.172. The number of hydrogen-bond acceptors (Lipinski definition) is 26. The number of likely N-dealkylation sites (N-methyl/N-ethyl adjacent to an activating group) is 1. The Balaban J connectivity index is 1.24. The molecule has 0 unspecified atom stereocenters. The van der Waals surface area contributed by atoms with Crippen molar-refractivity contribution in [2.24, 2.45) is 17.4 Å². The van der Waals surface area contributed by atoms with E-state index in [0.717, 1.165) is 66.7 Å². The van der Waals surface area contributed by atoms with Crippen LogP contribution in [0.1, 0.15) is 105 Å². The molecule has 2 fully saturated rings. The minimum Gasteiger partial charge on any atom is -0.508 e. The van der Waals surface area contributed by atoms with Crippen LogP contribution < -0.4 is 57.6 Å². The van der Waals surface area contributed by atoms with Crippen LogP contribution in [0.4, 0.5) is 0 Å². The summed E-state index contributed by atoms with van der Waals surface area (Å²) in [5.74, 6) is -14.0. The lowest BCUT2D eigenvalue weighted by Gasteiger charge is -2.47. The van der Waals surface area contributed by atoms with E-state index in [9.17, 15) is 80.1 Å². The van der Waals surface area contributed by atoms with Crippen LogP contribution in [-0.2, 0) is 47.8 Å². The molecule has 0 aromatic heterocycles. The van der Waals surface area contributed by atoms with Crippen molar-refractivity contribution in [3.63, 3.8) is 0 Å². The number of phenolic OH excluding ortho intramolecular Hbond substituents is 3. The first-order chi connectivity index (χ1) is 48.0. The molecule has 0 aliphatic carbocycles. The Kier molecular flexibility index (Phi) is 22.8. The topological polar surface area (TPSA) is 525 Å². The van der Waals surface area contributed by atoms with Gasteiger partial charge in [0, 0.05) is 34.7 Å². The number of hydrogen-bond donors (Lipinski definition) is 19. The fraction of sp³-hybridized carbons (Fsp3) is 0.448. The third kappa shape index (κ3) is 16.0. The number of aliphatic hydroxyl groups is 7. The van der Waals surface area contributed by atoms with Crippen LogP contribution in [0, 0.1) is 5.92 Å². The molecule has 5 aromatic rings. The highest BCUT2D eigenvalue weighted by atomic mass is 35.5. The van der Waals surface area contributed by atoms with Gasteiger partial charge in [-0.3, -0.25) is 39.0 Å². The van der Waals surface area contributed by atoms with E-state index in [0.29, 0.717) is 0 Å². The molecule has 550 valence electrons. The monoisotopic (exact) mass is 1460 g/mol. The Labute approximate surface area is 591 Å². The van der Waals surface area contributed by atoms with Crippen molar-refractivity contribution in [2.75, 3.05) is 20.7 Å². The third-order valence-electron chi connectivity index (χ3n) is 18.2. The number of aliphatic hydroxyl groups excluding tert-OH is 7. The molecule has 7 aliphatic heterocycles. The molecule has 12 rings (SSSR count). The third-order valence-corrected chi connectivity index (χ3v) is 18.8. The first-order valence-electron chi connectivity index (χ1n) is 32.1. The molecule has 19 atom stereocenters. The highest BCUT2D eigenvalue weighted by molar-refractivity contribution is 6.32. The van der Waals surface area contributed by atoms with Gasteiger partial charge in [-0.1, -0.05) is 55.2 Å². The van der Waals surface area contributed by atoms with E-state index in [2.05, 4.69) is 31.9 Å². The molecular weight excluding hydrogens is 1390 g/mol. The molecule has 21 N–H and O–H groups in total. The number of carboxylic acids is 1. The summed E-state index contributed by atoms with van der Waals surface area (Å²) in [4.78, 5) is 103. The van der Waals surface area contributed by atoms with Crippen molar-refractivity contribution in [3.05, 3.63) is 117 Å². The number of nitrogens with zero attached hydrogens (tertiary/aromatic N) is 1. The maximum Gasteiger partial charge on any atom is 0.330 e. The predicted molar refractivity (Wildman–Crippen MR) is 355 cm³/mol. The van der Waals surface area contributed by atoms with Gasteiger partial charge in [0.1, 0.15) is 89.7 Å². The lowest BCUT2D eigenvalue weighted by molar-refractivity contribution is -0.333. The molecule has 0 radical (unpaired) electrons. The number of benzene rings is 5. The number of halogens is 2. The highest BCUT2D eigenvalue weighted by Gasteiger charge is 2.52. The number of aliphatic carboxylic acids is 1.